The Hall–Kier alpha value is -3.58. The highest BCUT2D eigenvalue weighted by Gasteiger charge is 2.33. The number of carbonyl (C=O) groups is 3. The normalized spacial score (nSPS) is 18.1. The number of nitriles is 1. The molecule has 1 saturated heterocycles. The van der Waals surface area contributed by atoms with Crippen molar-refractivity contribution in [2.24, 2.45) is 11.8 Å². The van der Waals surface area contributed by atoms with Crippen LogP contribution in [0.2, 0.25) is 0 Å². The number of fused-ring (bicyclic) bond motifs is 1. The standard InChI is InChI=1S/C24H31N5O5/c1-13(2)9-18(23(32)28-17(20(30)12-25)10-14-7-8-26-22(14)31)29-24(33)19-11-15-16(27-19)5-4-6-21(15)34-3/h4-6,11,13-14,17-18,20,27,30H,7-10H2,1-3H3,(H,26,31)(H,28,32)(H,29,33)/t14-,17?,18?,20?/m0/s1. The van der Waals surface area contributed by atoms with Crippen molar-refractivity contribution in [3.63, 3.8) is 0 Å². The largest absolute Gasteiger partial charge is 0.496 e. The molecule has 0 bridgehead atoms. The molecule has 0 aliphatic carbocycles. The highest BCUT2D eigenvalue weighted by atomic mass is 16.5. The van der Waals surface area contributed by atoms with Gasteiger partial charge in [0.1, 0.15) is 17.5 Å². The molecule has 10 nitrogen and oxygen atoms in total. The predicted octanol–water partition coefficient (Wildman–Crippen LogP) is 1.22. The number of aromatic amines is 1. The number of nitrogens with zero attached hydrogens (tertiary/aromatic N) is 1. The van der Waals surface area contributed by atoms with Gasteiger partial charge < -0.3 is 30.8 Å². The Morgan fingerprint density at radius 2 is 2.09 bits per heavy atom. The number of hydrogen-bond acceptors (Lipinski definition) is 6. The minimum absolute atomic E-state index is 0.0822. The Morgan fingerprint density at radius 3 is 2.71 bits per heavy atom. The quantitative estimate of drug-likeness (QED) is 0.329. The number of rotatable bonds is 10. The first kappa shape index (κ1) is 25.1. The summed E-state index contributed by atoms with van der Waals surface area (Å²) in [5.74, 6) is -0.842. The third kappa shape index (κ3) is 5.85. The molecule has 4 atom stereocenters. The third-order valence-electron chi connectivity index (χ3n) is 5.96. The van der Waals surface area contributed by atoms with E-state index in [1.54, 1.807) is 31.4 Å². The van der Waals surface area contributed by atoms with Gasteiger partial charge in [-0.25, -0.2) is 0 Å². The molecule has 10 heteroatoms. The highest BCUT2D eigenvalue weighted by Crippen LogP contribution is 2.26. The Kier molecular flexibility index (Phi) is 8.12. The molecule has 3 rings (SSSR count). The Labute approximate surface area is 198 Å². The number of H-pyrrole nitrogens is 1. The molecular weight excluding hydrogens is 438 g/mol. The molecule has 3 unspecified atom stereocenters. The van der Waals surface area contributed by atoms with Crippen LogP contribution in [0.1, 0.15) is 43.6 Å². The summed E-state index contributed by atoms with van der Waals surface area (Å²) in [7, 11) is 1.55. The maximum atomic E-state index is 13.1. The summed E-state index contributed by atoms with van der Waals surface area (Å²) in [5.41, 5.74) is 0.999. The van der Waals surface area contributed by atoms with Crippen LogP contribution in [0.3, 0.4) is 0 Å². The van der Waals surface area contributed by atoms with E-state index in [0.29, 0.717) is 25.1 Å². The van der Waals surface area contributed by atoms with Crippen LogP contribution in [0.4, 0.5) is 0 Å². The van der Waals surface area contributed by atoms with Gasteiger partial charge in [-0.05, 0) is 43.4 Å². The molecule has 1 aromatic carbocycles. The van der Waals surface area contributed by atoms with E-state index in [0.717, 1.165) is 10.9 Å². The van der Waals surface area contributed by atoms with Gasteiger partial charge in [0.05, 0.1) is 19.2 Å². The fourth-order valence-corrected chi connectivity index (χ4v) is 4.18. The lowest BCUT2D eigenvalue weighted by atomic mass is 9.94. The van der Waals surface area contributed by atoms with Crippen molar-refractivity contribution in [2.75, 3.05) is 13.7 Å². The van der Waals surface area contributed by atoms with Crippen LogP contribution in [-0.4, -0.2) is 59.7 Å². The summed E-state index contributed by atoms with van der Waals surface area (Å²) < 4.78 is 5.34. The van der Waals surface area contributed by atoms with Crippen LogP contribution in [-0.2, 0) is 9.59 Å². The first-order chi connectivity index (χ1) is 16.2. The molecule has 1 fully saturated rings. The van der Waals surface area contributed by atoms with Crippen LogP contribution in [0, 0.1) is 23.2 Å². The third-order valence-corrected chi connectivity index (χ3v) is 5.96. The molecule has 5 N–H and O–H groups in total. The first-order valence-electron chi connectivity index (χ1n) is 11.4. The number of aliphatic hydroxyl groups excluding tert-OH is 1. The van der Waals surface area contributed by atoms with Crippen LogP contribution in [0.25, 0.3) is 10.9 Å². The predicted molar refractivity (Wildman–Crippen MR) is 125 cm³/mol. The molecule has 3 amide bonds. The van der Waals surface area contributed by atoms with Crippen molar-refractivity contribution in [2.45, 2.75) is 51.3 Å². The number of hydrogen-bond donors (Lipinski definition) is 5. The summed E-state index contributed by atoms with van der Waals surface area (Å²) >= 11 is 0. The number of benzene rings is 1. The van der Waals surface area contributed by atoms with Crippen molar-refractivity contribution in [1.82, 2.24) is 20.9 Å². The SMILES string of the molecule is COc1cccc2[nH]c(C(=O)NC(CC(C)C)C(=O)NC(C[C@@H]3CCNC3=O)C(O)C#N)cc12. The van der Waals surface area contributed by atoms with E-state index in [1.807, 2.05) is 19.9 Å². The molecular formula is C24H31N5O5. The van der Waals surface area contributed by atoms with Crippen LogP contribution in [0.15, 0.2) is 24.3 Å². The lowest BCUT2D eigenvalue weighted by molar-refractivity contribution is -0.126. The van der Waals surface area contributed by atoms with Crippen molar-refractivity contribution >= 4 is 28.6 Å². The van der Waals surface area contributed by atoms with Gasteiger partial charge in [-0.15, -0.1) is 0 Å². The highest BCUT2D eigenvalue weighted by molar-refractivity contribution is 6.01. The molecule has 1 aliphatic heterocycles. The fraction of sp³-hybridized carbons (Fsp3) is 0.500. The van der Waals surface area contributed by atoms with Crippen molar-refractivity contribution < 1.29 is 24.2 Å². The van der Waals surface area contributed by atoms with Crippen LogP contribution < -0.4 is 20.7 Å². The van der Waals surface area contributed by atoms with E-state index < -0.39 is 35.9 Å². The molecule has 2 heterocycles. The molecule has 1 aromatic heterocycles. The topological polar surface area (TPSA) is 156 Å². The van der Waals surface area contributed by atoms with Gasteiger partial charge in [-0.2, -0.15) is 5.26 Å². The average Bonchev–Trinajstić information content (AvgIpc) is 3.43. The van der Waals surface area contributed by atoms with Crippen molar-refractivity contribution in [3.05, 3.63) is 30.0 Å². The number of ether oxygens (including phenoxy) is 1. The lowest BCUT2D eigenvalue weighted by Gasteiger charge is -2.26. The Bertz CT molecular complexity index is 1090. The van der Waals surface area contributed by atoms with Gasteiger partial charge in [0.2, 0.25) is 11.8 Å². The Balaban J connectivity index is 1.75. The number of methoxy groups -OCH3 is 1. The number of aromatic nitrogens is 1. The van der Waals surface area contributed by atoms with E-state index >= 15 is 0 Å². The van der Waals surface area contributed by atoms with Gasteiger partial charge in [-0.1, -0.05) is 19.9 Å². The maximum absolute atomic E-state index is 13.1. The minimum Gasteiger partial charge on any atom is -0.496 e. The molecule has 0 spiro atoms. The zero-order chi connectivity index (χ0) is 24.8. The molecule has 0 saturated carbocycles. The summed E-state index contributed by atoms with van der Waals surface area (Å²) in [6, 6.07) is 6.98. The second-order valence-electron chi connectivity index (χ2n) is 8.96. The maximum Gasteiger partial charge on any atom is 0.268 e. The van der Waals surface area contributed by atoms with Crippen LogP contribution in [0.5, 0.6) is 5.75 Å². The number of amides is 3. The zero-order valence-corrected chi connectivity index (χ0v) is 19.6. The molecule has 34 heavy (non-hydrogen) atoms. The molecule has 0 radical (unpaired) electrons. The monoisotopic (exact) mass is 469 g/mol. The summed E-state index contributed by atoms with van der Waals surface area (Å²) in [6.45, 7) is 4.36. The van der Waals surface area contributed by atoms with Gasteiger partial charge in [0.15, 0.2) is 6.10 Å². The second kappa shape index (κ2) is 11.0. The van der Waals surface area contributed by atoms with E-state index in [-0.39, 0.29) is 23.9 Å². The van der Waals surface area contributed by atoms with E-state index in [2.05, 4.69) is 20.9 Å². The number of carbonyl (C=O) groups excluding carboxylic acids is 3. The second-order valence-corrected chi connectivity index (χ2v) is 8.96. The van der Waals surface area contributed by atoms with Crippen LogP contribution >= 0.6 is 0 Å². The van der Waals surface area contributed by atoms with Gasteiger partial charge >= 0.3 is 0 Å². The molecule has 182 valence electrons. The summed E-state index contributed by atoms with van der Waals surface area (Å²) in [6.07, 6.45) is -0.426. The minimum atomic E-state index is -1.48. The van der Waals surface area contributed by atoms with E-state index in [4.69, 9.17) is 4.74 Å². The van der Waals surface area contributed by atoms with E-state index in [1.165, 1.54) is 0 Å². The first-order valence-corrected chi connectivity index (χ1v) is 11.4. The van der Waals surface area contributed by atoms with Gasteiger partial charge in [0.25, 0.3) is 5.91 Å². The van der Waals surface area contributed by atoms with Gasteiger partial charge in [0, 0.05) is 23.4 Å². The zero-order valence-electron chi connectivity index (χ0n) is 19.6. The van der Waals surface area contributed by atoms with Crippen molar-refractivity contribution in [1.29, 1.82) is 5.26 Å². The smallest absolute Gasteiger partial charge is 0.268 e. The molecule has 1 aliphatic rings. The fourth-order valence-electron chi connectivity index (χ4n) is 4.18. The van der Waals surface area contributed by atoms with E-state index in [9.17, 15) is 24.8 Å². The van der Waals surface area contributed by atoms with Crippen molar-refractivity contribution in [3.8, 4) is 11.8 Å². The number of nitrogens with one attached hydrogen (secondary N) is 4. The average molecular weight is 470 g/mol. The number of aliphatic hydroxyl groups is 1. The Morgan fingerprint density at radius 1 is 1.32 bits per heavy atom. The summed E-state index contributed by atoms with van der Waals surface area (Å²) in [4.78, 5) is 41.1. The molecule has 2 aromatic rings. The van der Waals surface area contributed by atoms with Gasteiger partial charge in [-0.3, -0.25) is 14.4 Å². The lowest BCUT2D eigenvalue weighted by Crippen LogP contribution is -2.53. The summed E-state index contributed by atoms with van der Waals surface area (Å²) in [5, 5.41) is 28.3.